The van der Waals surface area contributed by atoms with Gasteiger partial charge < -0.3 is 10.2 Å². The molecule has 134 valence electrons. The summed E-state index contributed by atoms with van der Waals surface area (Å²) in [5.74, 6) is -1.77. The van der Waals surface area contributed by atoms with E-state index in [-0.39, 0.29) is 5.56 Å². The molecule has 0 atom stereocenters. The van der Waals surface area contributed by atoms with E-state index in [0.29, 0.717) is 13.0 Å². The Morgan fingerprint density at radius 1 is 1.24 bits per heavy atom. The minimum absolute atomic E-state index is 0.0102. The van der Waals surface area contributed by atoms with Crippen LogP contribution in [-0.4, -0.2) is 40.5 Å². The Balaban J connectivity index is 1.49. The van der Waals surface area contributed by atoms with E-state index in [1.54, 1.807) is 11.3 Å². The Hall–Kier alpha value is -2.23. The molecule has 3 heterocycles. The number of anilines is 1. The molecule has 0 aliphatic carbocycles. The fourth-order valence-electron chi connectivity index (χ4n) is 2.46. The average molecular weight is 371 g/mol. The molecule has 0 aromatic carbocycles. The molecule has 0 unspecified atom stereocenters. The number of aromatic nitrogens is 3. The summed E-state index contributed by atoms with van der Waals surface area (Å²) < 4.78 is 37.2. The van der Waals surface area contributed by atoms with Crippen molar-refractivity contribution in [1.82, 2.24) is 20.3 Å². The number of carbonyl (C=O) groups excluding carboxylic acids is 1. The molecule has 1 aliphatic rings. The van der Waals surface area contributed by atoms with Crippen molar-refractivity contribution in [3.63, 3.8) is 0 Å². The quantitative estimate of drug-likeness (QED) is 0.875. The molecule has 0 spiro atoms. The number of nitrogens with one attached hydrogen (secondary N) is 1. The van der Waals surface area contributed by atoms with Crippen molar-refractivity contribution >= 4 is 22.4 Å². The zero-order valence-corrected chi connectivity index (χ0v) is 14.0. The van der Waals surface area contributed by atoms with Gasteiger partial charge in [-0.15, -0.1) is 11.3 Å². The first-order chi connectivity index (χ1) is 11.9. The van der Waals surface area contributed by atoms with Gasteiger partial charge in [0, 0.05) is 43.8 Å². The van der Waals surface area contributed by atoms with E-state index in [4.69, 9.17) is 0 Å². The van der Waals surface area contributed by atoms with Crippen LogP contribution in [0.25, 0.3) is 0 Å². The summed E-state index contributed by atoms with van der Waals surface area (Å²) in [6, 6.07) is 0. The van der Waals surface area contributed by atoms with Crippen LogP contribution in [0.2, 0.25) is 0 Å². The van der Waals surface area contributed by atoms with E-state index in [1.807, 2.05) is 5.38 Å². The maximum Gasteiger partial charge on any atom is 0.451 e. The highest BCUT2D eigenvalue weighted by Crippen LogP contribution is 2.25. The molecule has 0 radical (unpaired) electrons. The molecule has 3 rings (SSSR count). The largest absolute Gasteiger partial charge is 0.451 e. The van der Waals surface area contributed by atoms with Gasteiger partial charge in [-0.2, -0.15) is 13.2 Å². The highest BCUT2D eigenvalue weighted by Gasteiger charge is 2.34. The third-order valence-electron chi connectivity index (χ3n) is 3.75. The van der Waals surface area contributed by atoms with E-state index in [9.17, 15) is 18.0 Å². The third-order valence-corrected chi connectivity index (χ3v) is 4.70. The lowest BCUT2D eigenvalue weighted by molar-refractivity contribution is -0.145. The van der Waals surface area contributed by atoms with E-state index < -0.39 is 17.9 Å². The second kappa shape index (κ2) is 7.34. The standard InChI is InChI=1S/C15H16F3N5OS/c16-15(17,18)13-20-7-10(8-21-13)12(24)19-4-3-11-9-25-14(22-11)23-5-1-2-6-23/h7-9H,1-6H2,(H,19,24). The lowest BCUT2D eigenvalue weighted by Gasteiger charge is -2.12. The molecule has 1 saturated heterocycles. The summed E-state index contributed by atoms with van der Waals surface area (Å²) >= 11 is 1.58. The molecule has 1 aliphatic heterocycles. The maximum absolute atomic E-state index is 12.4. The first kappa shape index (κ1) is 17.6. The summed E-state index contributed by atoms with van der Waals surface area (Å²) in [6.45, 7) is 2.39. The molecule has 1 N–H and O–H groups in total. The molecule has 6 nitrogen and oxygen atoms in total. The second-order valence-electron chi connectivity index (χ2n) is 5.61. The van der Waals surface area contributed by atoms with E-state index in [1.165, 1.54) is 12.8 Å². The second-order valence-corrected chi connectivity index (χ2v) is 6.45. The Kier molecular flexibility index (Phi) is 5.16. The van der Waals surface area contributed by atoms with Crippen molar-refractivity contribution in [2.24, 2.45) is 0 Å². The van der Waals surface area contributed by atoms with Crippen molar-refractivity contribution in [3.05, 3.63) is 34.9 Å². The van der Waals surface area contributed by atoms with Gasteiger partial charge in [-0.25, -0.2) is 15.0 Å². The summed E-state index contributed by atoms with van der Waals surface area (Å²) in [5, 5.41) is 5.59. The van der Waals surface area contributed by atoms with Crippen molar-refractivity contribution in [1.29, 1.82) is 0 Å². The number of hydrogen-bond acceptors (Lipinski definition) is 6. The molecule has 2 aromatic rings. The van der Waals surface area contributed by atoms with Crippen LogP contribution in [0.5, 0.6) is 0 Å². The smallest absolute Gasteiger partial charge is 0.352 e. The van der Waals surface area contributed by atoms with Gasteiger partial charge in [-0.05, 0) is 12.8 Å². The van der Waals surface area contributed by atoms with Crippen molar-refractivity contribution in [2.45, 2.75) is 25.4 Å². The maximum atomic E-state index is 12.4. The zero-order chi connectivity index (χ0) is 17.9. The SMILES string of the molecule is O=C(NCCc1csc(N2CCCC2)n1)c1cnc(C(F)(F)F)nc1. The number of nitrogens with zero attached hydrogens (tertiary/aromatic N) is 4. The molecule has 1 fully saturated rings. The number of alkyl halides is 3. The monoisotopic (exact) mass is 371 g/mol. The number of halogens is 3. The molecule has 25 heavy (non-hydrogen) atoms. The molecule has 2 aromatic heterocycles. The normalized spacial score (nSPS) is 14.8. The molecule has 0 saturated carbocycles. The van der Waals surface area contributed by atoms with Crippen molar-refractivity contribution in [2.75, 3.05) is 24.5 Å². The molecule has 0 bridgehead atoms. The highest BCUT2D eigenvalue weighted by atomic mass is 32.1. The minimum atomic E-state index is -4.62. The Bertz CT molecular complexity index is 726. The molecular formula is C15H16F3N5OS. The molecule has 10 heteroatoms. The number of carbonyl (C=O) groups is 1. The van der Waals surface area contributed by atoms with Crippen LogP contribution < -0.4 is 10.2 Å². The minimum Gasteiger partial charge on any atom is -0.352 e. The van der Waals surface area contributed by atoms with Gasteiger partial charge in [0.2, 0.25) is 5.82 Å². The van der Waals surface area contributed by atoms with Crippen LogP contribution in [0, 0.1) is 0 Å². The van der Waals surface area contributed by atoms with Gasteiger partial charge in [0.1, 0.15) is 0 Å². The third kappa shape index (κ3) is 4.44. The fourth-order valence-corrected chi connectivity index (χ4v) is 3.38. The number of amides is 1. The van der Waals surface area contributed by atoms with Gasteiger partial charge in [-0.3, -0.25) is 4.79 Å². The predicted molar refractivity (Wildman–Crippen MR) is 86.6 cm³/mol. The van der Waals surface area contributed by atoms with Crippen molar-refractivity contribution in [3.8, 4) is 0 Å². The Morgan fingerprint density at radius 3 is 2.56 bits per heavy atom. The summed E-state index contributed by atoms with van der Waals surface area (Å²) in [7, 11) is 0. The lowest BCUT2D eigenvalue weighted by atomic mass is 10.3. The van der Waals surface area contributed by atoms with Gasteiger partial charge in [0.15, 0.2) is 5.13 Å². The van der Waals surface area contributed by atoms with Crippen LogP contribution in [-0.2, 0) is 12.6 Å². The van der Waals surface area contributed by atoms with E-state index in [2.05, 4.69) is 25.2 Å². The number of thiazole rings is 1. The van der Waals surface area contributed by atoms with E-state index in [0.717, 1.165) is 36.3 Å². The van der Waals surface area contributed by atoms with Gasteiger partial charge in [-0.1, -0.05) is 0 Å². The van der Waals surface area contributed by atoms with Crippen LogP contribution in [0.15, 0.2) is 17.8 Å². The summed E-state index contributed by atoms with van der Waals surface area (Å²) in [5.41, 5.74) is 0.875. The summed E-state index contributed by atoms with van der Waals surface area (Å²) in [6.07, 6.45) is 0.0452. The van der Waals surface area contributed by atoms with Gasteiger partial charge >= 0.3 is 6.18 Å². The van der Waals surface area contributed by atoms with Crippen LogP contribution >= 0.6 is 11.3 Å². The van der Waals surface area contributed by atoms with Crippen LogP contribution in [0.3, 0.4) is 0 Å². The zero-order valence-electron chi connectivity index (χ0n) is 13.2. The molecule has 1 amide bonds. The fraction of sp³-hybridized carbons (Fsp3) is 0.467. The molecular weight excluding hydrogens is 355 g/mol. The van der Waals surface area contributed by atoms with Crippen LogP contribution in [0.1, 0.15) is 34.7 Å². The van der Waals surface area contributed by atoms with Gasteiger partial charge in [0.05, 0.1) is 11.3 Å². The van der Waals surface area contributed by atoms with Gasteiger partial charge in [0.25, 0.3) is 5.91 Å². The number of rotatable bonds is 5. The average Bonchev–Trinajstić information content (AvgIpc) is 3.25. The number of hydrogen-bond donors (Lipinski definition) is 1. The first-order valence-electron chi connectivity index (χ1n) is 7.80. The topological polar surface area (TPSA) is 71.0 Å². The van der Waals surface area contributed by atoms with Crippen molar-refractivity contribution < 1.29 is 18.0 Å². The summed E-state index contributed by atoms with van der Waals surface area (Å²) in [4.78, 5) is 25.0. The lowest BCUT2D eigenvalue weighted by Crippen LogP contribution is -2.26. The first-order valence-corrected chi connectivity index (χ1v) is 8.68. The Labute approximate surface area is 146 Å². The highest BCUT2D eigenvalue weighted by molar-refractivity contribution is 7.13. The van der Waals surface area contributed by atoms with E-state index >= 15 is 0 Å². The Morgan fingerprint density at radius 2 is 1.92 bits per heavy atom. The predicted octanol–water partition coefficient (Wildman–Crippen LogP) is 2.52. The van der Waals surface area contributed by atoms with Crippen LogP contribution in [0.4, 0.5) is 18.3 Å².